The van der Waals surface area contributed by atoms with Crippen molar-refractivity contribution < 1.29 is 9.52 Å². The summed E-state index contributed by atoms with van der Waals surface area (Å²) in [6.07, 6.45) is 1.66. The molecule has 0 fully saturated rings. The summed E-state index contributed by atoms with van der Waals surface area (Å²) in [5, 5.41) is 16.2. The number of nitrogens with zero attached hydrogens (tertiary/aromatic N) is 1. The van der Waals surface area contributed by atoms with E-state index in [1.54, 1.807) is 6.26 Å². The third-order valence-electron chi connectivity index (χ3n) is 3.32. The van der Waals surface area contributed by atoms with Gasteiger partial charge in [-0.3, -0.25) is 0 Å². The molecule has 5 heteroatoms. The van der Waals surface area contributed by atoms with E-state index < -0.39 is 0 Å². The van der Waals surface area contributed by atoms with Crippen molar-refractivity contribution in [1.82, 2.24) is 10.6 Å². The first-order valence-corrected chi connectivity index (χ1v) is 7.43. The minimum Gasteiger partial charge on any atom is -0.507 e. The normalized spacial score (nSPS) is 11.5. The molecule has 0 radical (unpaired) electrons. The van der Waals surface area contributed by atoms with E-state index in [9.17, 15) is 5.11 Å². The summed E-state index contributed by atoms with van der Waals surface area (Å²) in [5.74, 6) is 1.96. The summed E-state index contributed by atoms with van der Waals surface area (Å²) in [4.78, 5) is 4.57. The predicted octanol–water partition coefficient (Wildman–Crippen LogP) is 2.86. The van der Waals surface area contributed by atoms with E-state index in [2.05, 4.69) is 15.6 Å². The summed E-state index contributed by atoms with van der Waals surface area (Å²) < 4.78 is 5.30. The highest BCUT2D eigenvalue weighted by molar-refractivity contribution is 5.79. The second-order valence-electron chi connectivity index (χ2n) is 5.21. The van der Waals surface area contributed by atoms with E-state index >= 15 is 0 Å². The molecule has 5 nitrogen and oxygen atoms in total. The molecule has 1 aromatic carbocycles. The third kappa shape index (κ3) is 4.28. The van der Waals surface area contributed by atoms with E-state index in [4.69, 9.17) is 4.42 Å². The summed E-state index contributed by atoms with van der Waals surface area (Å²) in [6, 6.07) is 7.70. The van der Waals surface area contributed by atoms with Gasteiger partial charge in [0.1, 0.15) is 11.5 Å². The van der Waals surface area contributed by atoms with Crippen LogP contribution in [0.2, 0.25) is 0 Å². The molecule has 0 aliphatic heterocycles. The molecule has 0 spiro atoms. The number of benzene rings is 1. The van der Waals surface area contributed by atoms with Gasteiger partial charge in [-0.15, -0.1) is 0 Å². The van der Waals surface area contributed by atoms with Crippen molar-refractivity contribution in [1.29, 1.82) is 0 Å². The zero-order valence-corrected chi connectivity index (χ0v) is 13.3. The molecule has 0 amide bonds. The number of rotatable bonds is 5. The fraction of sp³-hybridized carbons (Fsp3) is 0.353. The Hall–Kier alpha value is -2.43. The van der Waals surface area contributed by atoms with Crippen LogP contribution in [0.5, 0.6) is 5.75 Å². The van der Waals surface area contributed by atoms with Gasteiger partial charge < -0.3 is 20.2 Å². The van der Waals surface area contributed by atoms with Gasteiger partial charge in [0.05, 0.1) is 19.4 Å². The van der Waals surface area contributed by atoms with Crippen LogP contribution in [0.4, 0.5) is 0 Å². The van der Waals surface area contributed by atoms with Crippen LogP contribution in [-0.4, -0.2) is 17.6 Å². The van der Waals surface area contributed by atoms with Gasteiger partial charge in [0.25, 0.3) is 0 Å². The van der Waals surface area contributed by atoms with Crippen LogP contribution >= 0.6 is 0 Å². The molecule has 1 heterocycles. The Morgan fingerprint density at radius 3 is 2.55 bits per heavy atom. The van der Waals surface area contributed by atoms with Gasteiger partial charge in [0.15, 0.2) is 5.96 Å². The Bertz CT molecular complexity index is 610. The van der Waals surface area contributed by atoms with E-state index in [0.29, 0.717) is 18.8 Å². The summed E-state index contributed by atoms with van der Waals surface area (Å²) in [5.41, 5.74) is 2.82. The van der Waals surface area contributed by atoms with Gasteiger partial charge >= 0.3 is 0 Å². The average Bonchev–Trinajstić information content (AvgIpc) is 3.01. The van der Waals surface area contributed by atoms with Crippen molar-refractivity contribution in [2.45, 2.75) is 33.9 Å². The maximum atomic E-state index is 9.81. The minimum absolute atomic E-state index is 0.357. The van der Waals surface area contributed by atoms with Gasteiger partial charge in [0, 0.05) is 6.54 Å². The van der Waals surface area contributed by atoms with Gasteiger partial charge in [-0.25, -0.2) is 4.99 Å². The molecule has 0 bridgehead atoms. The maximum absolute atomic E-state index is 9.81. The number of guanidine groups is 1. The van der Waals surface area contributed by atoms with Crippen molar-refractivity contribution in [2.24, 2.45) is 4.99 Å². The van der Waals surface area contributed by atoms with Gasteiger partial charge in [-0.05, 0) is 49.6 Å². The molecule has 0 saturated heterocycles. The van der Waals surface area contributed by atoms with E-state index in [1.807, 2.05) is 45.0 Å². The molecule has 0 saturated carbocycles. The molecule has 0 unspecified atom stereocenters. The van der Waals surface area contributed by atoms with Crippen molar-refractivity contribution in [3.8, 4) is 5.75 Å². The molecular formula is C17H23N3O2. The van der Waals surface area contributed by atoms with Crippen LogP contribution in [0.25, 0.3) is 0 Å². The first-order valence-electron chi connectivity index (χ1n) is 7.43. The fourth-order valence-electron chi connectivity index (χ4n) is 2.23. The second kappa shape index (κ2) is 7.54. The molecule has 1 aromatic heterocycles. The lowest BCUT2D eigenvalue weighted by Crippen LogP contribution is -2.36. The number of aryl methyl sites for hydroxylation is 2. The Labute approximate surface area is 131 Å². The van der Waals surface area contributed by atoms with Crippen molar-refractivity contribution in [3.05, 3.63) is 53.0 Å². The highest BCUT2D eigenvalue weighted by atomic mass is 16.3. The lowest BCUT2D eigenvalue weighted by atomic mass is 10.1. The number of phenolic OH excluding ortho intramolecular Hbond substituents is 1. The van der Waals surface area contributed by atoms with Crippen LogP contribution in [-0.2, 0) is 13.1 Å². The Morgan fingerprint density at radius 1 is 1.23 bits per heavy atom. The minimum atomic E-state index is 0.357. The fourth-order valence-corrected chi connectivity index (χ4v) is 2.23. The van der Waals surface area contributed by atoms with Crippen LogP contribution in [0, 0.1) is 13.8 Å². The van der Waals surface area contributed by atoms with Crippen LogP contribution in [0.3, 0.4) is 0 Å². The van der Waals surface area contributed by atoms with Gasteiger partial charge in [-0.2, -0.15) is 0 Å². The van der Waals surface area contributed by atoms with Crippen LogP contribution in [0.1, 0.15) is 29.4 Å². The first-order chi connectivity index (χ1) is 10.6. The summed E-state index contributed by atoms with van der Waals surface area (Å²) >= 11 is 0. The van der Waals surface area contributed by atoms with Gasteiger partial charge in [-0.1, -0.05) is 12.1 Å². The van der Waals surface area contributed by atoms with E-state index in [1.165, 1.54) is 0 Å². The Balaban J connectivity index is 2.03. The molecule has 3 N–H and O–H groups in total. The molecule has 0 aliphatic rings. The van der Waals surface area contributed by atoms with Crippen LogP contribution in [0.15, 0.2) is 39.9 Å². The summed E-state index contributed by atoms with van der Waals surface area (Å²) in [6.45, 7) is 7.75. The molecular weight excluding hydrogens is 278 g/mol. The third-order valence-corrected chi connectivity index (χ3v) is 3.32. The molecule has 22 heavy (non-hydrogen) atoms. The number of hydrogen-bond acceptors (Lipinski definition) is 3. The number of hydrogen-bond donors (Lipinski definition) is 3. The van der Waals surface area contributed by atoms with Crippen LogP contribution < -0.4 is 10.6 Å². The highest BCUT2D eigenvalue weighted by Gasteiger charge is 2.04. The van der Waals surface area contributed by atoms with E-state index in [-0.39, 0.29) is 0 Å². The zero-order valence-electron chi connectivity index (χ0n) is 13.3. The molecule has 0 atom stereocenters. The van der Waals surface area contributed by atoms with Crippen molar-refractivity contribution in [3.63, 3.8) is 0 Å². The largest absolute Gasteiger partial charge is 0.507 e. The lowest BCUT2D eigenvalue weighted by molar-refractivity contribution is 0.466. The quantitative estimate of drug-likeness (QED) is 0.587. The number of aromatic hydroxyl groups is 1. The highest BCUT2D eigenvalue weighted by Crippen LogP contribution is 2.23. The topological polar surface area (TPSA) is 69.8 Å². The molecule has 2 aromatic rings. The molecule has 118 valence electrons. The first kappa shape index (κ1) is 15.9. The second-order valence-corrected chi connectivity index (χ2v) is 5.21. The number of phenols is 1. The number of aliphatic imine (C=N–C) groups is 1. The molecule has 0 aliphatic carbocycles. The Kier molecular flexibility index (Phi) is 5.47. The van der Waals surface area contributed by atoms with Crippen molar-refractivity contribution >= 4 is 5.96 Å². The maximum Gasteiger partial charge on any atom is 0.191 e. The van der Waals surface area contributed by atoms with E-state index in [0.717, 1.165) is 35.0 Å². The molecule has 2 rings (SSSR count). The Morgan fingerprint density at radius 2 is 1.95 bits per heavy atom. The number of furan rings is 1. The standard InChI is InChI=1S/C17H23N3O2/c1-4-18-17(20-11-15-6-5-7-22-15)19-10-14-8-12(2)16(21)13(3)9-14/h5-9,21H,4,10-11H2,1-3H3,(H2,18,19,20). The smallest absolute Gasteiger partial charge is 0.191 e. The summed E-state index contributed by atoms with van der Waals surface area (Å²) in [7, 11) is 0. The SMILES string of the molecule is CCNC(=NCc1cc(C)c(O)c(C)c1)NCc1ccco1. The lowest BCUT2D eigenvalue weighted by Gasteiger charge is -2.11. The zero-order chi connectivity index (χ0) is 15.9. The van der Waals surface area contributed by atoms with Gasteiger partial charge in [0.2, 0.25) is 0 Å². The number of nitrogens with one attached hydrogen (secondary N) is 2. The predicted molar refractivity (Wildman–Crippen MR) is 87.9 cm³/mol. The monoisotopic (exact) mass is 301 g/mol. The van der Waals surface area contributed by atoms with Crippen molar-refractivity contribution in [2.75, 3.05) is 6.54 Å². The average molecular weight is 301 g/mol.